The number of aromatic nitrogens is 2. The van der Waals surface area contributed by atoms with Crippen molar-refractivity contribution in [2.24, 2.45) is 11.1 Å². The van der Waals surface area contributed by atoms with Gasteiger partial charge in [0.15, 0.2) is 5.88 Å². The zero-order valence-corrected chi connectivity index (χ0v) is 21.5. The summed E-state index contributed by atoms with van der Waals surface area (Å²) in [7, 11) is 0. The van der Waals surface area contributed by atoms with Gasteiger partial charge in [0.25, 0.3) is 5.56 Å². The molecule has 9 nitrogen and oxygen atoms in total. The maximum Gasteiger partial charge on any atom is 0.337 e. The van der Waals surface area contributed by atoms with E-state index in [1.54, 1.807) is 0 Å². The maximum atomic E-state index is 12.9. The number of rotatable bonds is 11. The van der Waals surface area contributed by atoms with Crippen molar-refractivity contribution >= 4 is 16.8 Å². The number of H-pyrrole nitrogens is 1. The van der Waals surface area contributed by atoms with Crippen molar-refractivity contribution < 1.29 is 14.0 Å². The first kappa shape index (κ1) is 26.0. The van der Waals surface area contributed by atoms with Crippen LogP contribution in [0.4, 0.5) is 0 Å². The van der Waals surface area contributed by atoms with Gasteiger partial charge in [-0.3, -0.25) is 9.78 Å². The standard InChI is InChI=1S/C27H38N4O5/c1-4-21(17-22-12-9-15-31(22)18(3)34-5-2)30-36-27-28-25(33)24-20(16-23(32)35-26(24)29-27)14-13-19-10-7-6-8-11-19/h16,19,22H,3-15,17H2,1-2H3,(H,28,29,33)/b30-21+. The second-order valence-electron chi connectivity index (χ2n) is 9.81. The molecule has 2 aromatic rings. The fourth-order valence-corrected chi connectivity index (χ4v) is 5.46. The first-order chi connectivity index (χ1) is 17.5. The highest BCUT2D eigenvalue weighted by Gasteiger charge is 2.27. The van der Waals surface area contributed by atoms with Crippen molar-refractivity contribution in [1.82, 2.24) is 14.9 Å². The van der Waals surface area contributed by atoms with Crippen LogP contribution in [0.15, 0.2) is 37.7 Å². The molecular weight excluding hydrogens is 460 g/mol. The van der Waals surface area contributed by atoms with E-state index in [0.29, 0.717) is 48.6 Å². The van der Waals surface area contributed by atoms with Crippen LogP contribution in [-0.4, -0.2) is 39.8 Å². The second-order valence-corrected chi connectivity index (χ2v) is 9.81. The van der Waals surface area contributed by atoms with Crippen LogP contribution in [0.3, 0.4) is 0 Å². The predicted molar refractivity (Wildman–Crippen MR) is 139 cm³/mol. The number of ether oxygens (including phenoxy) is 1. The zero-order chi connectivity index (χ0) is 25.5. The van der Waals surface area contributed by atoms with Crippen molar-refractivity contribution in [3.63, 3.8) is 0 Å². The summed E-state index contributed by atoms with van der Waals surface area (Å²) in [6.45, 7) is 9.48. The normalized spacial score (nSPS) is 19.1. The van der Waals surface area contributed by atoms with Crippen LogP contribution in [0.1, 0.15) is 83.6 Å². The van der Waals surface area contributed by atoms with Crippen LogP contribution < -0.4 is 16.0 Å². The molecule has 1 unspecified atom stereocenters. The lowest BCUT2D eigenvalue weighted by Crippen LogP contribution is -2.31. The number of nitrogens with zero attached hydrogens (tertiary/aromatic N) is 3. The topological polar surface area (TPSA) is 110 Å². The maximum absolute atomic E-state index is 12.9. The largest absolute Gasteiger partial charge is 0.480 e. The van der Waals surface area contributed by atoms with E-state index in [1.807, 2.05) is 13.8 Å². The summed E-state index contributed by atoms with van der Waals surface area (Å²) in [6, 6.07) is 1.56. The Labute approximate surface area is 211 Å². The molecule has 0 bridgehead atoms. The molecule has 0 aromatic carbocycles. The molecule has 1 aliphatic heterocycles. The van der Waals surface area contributed by atoms with Crippen molar-refractivity contribution in [3.05, 3.63) is 44.9 Å². The number of aryl methyl sites for hydroxylation is 1. The molecule has 0 amide bonds. The van der Waals surface area contributed by atoms with E-state index in [4.69, 9.17) is 14.0 Å². The van der Waals surface area contributed by atoms with Crippen molar-refractivity contribution in [2.75, 3.05) is 13.2 Å². The van der Waals surface area contributed by atoms with Gasteiger partial charge >= 0.3 is 11.6 Å². The summed E-state index contributed by atoms with van der Waals surface area (Å²) in [5.41, 5.74) is 0.602. The molecule has 1 N–H and O–H groups in total. The van der Waals surface area contributed by atoms with Crippen molar-refractivity contribution in [2.45, 2.75) is 90.5 Å². The van der Waals surface area contributed by atoms with E-state index in [0.717, 1.165) is 31.5 Å². The highest BCUT2D eigenvalue weighted by Crippen LogP contribution is 2.28. The third-order valence-corrected chi connectivity index (χ3v) is 7.37. The molecule has 196 valence electrons. The smallest absolute Gasteiger partial charge is 0.337 e. The van der Waals surface area contributed by atoms with Crippen LogP contribution in [0.5, 0.6) is 6.01 Å². The molecule has 0 spiro atoms. The van der Waals surface area contributed by atoms with Crippen molar-refractivity contribution in [1.29, 1.82) is 0 Å². The summed E-state index contributed by atoms with van der Waals surface area (Å²) >= 11 is 0. The minimum Gasteiger partial charge on any atom is -0.480 e. The van der Waals surface area contributed by atoms with E-state index in [-0.39, 0.29) is 23.3 Å². The fraction of sp³-hybridized carbons (Fsp3) is 0.630. The number of aromatic amines is 1. The van der Waals surface area contributed by atoms with Crippen LogP contribution in [-0.2, 0) is 11.2 Å². The van der Waals surface area contributed by atoms with Gasteiger partial charge in [0, 0.05) is 25.1 Å². The van der Waals surface area contributed by atoms with Gasteiger partial charge in [-0.1, -0.05) is 44.2 Å². The quantitative estimate of drug-likeness (QED) is 0.267. The molecule has 1 atom stereocenters. The Balaban J connectivity index is 1.49. The average Bonchev–Trinajstić information content (AvgIpc) is 3.33. The number of hydrogen-bond donors (Lipinski definition) is 1. The molecule has 1 aliphatic carbocycles. The minimum absolute atomic E-state index is 0.0110. The predicted octanol–water partition coefficient (Wildman–Crippen LogP) is 4.90. The van der Waals surface area contributed by atoms with E-state index in [9.17, 15) is 9.59 Å². The van der Waals surface area contributed by atoms with Crippen molar-refractivity contribution in [3.8, 4) is 6.01 Å². The van der Waals surface area contributed by atoms with E-state index in [1.165, 1.54) is 38.2 Å². The molecule has 0 radical (unpaired) electrons. The molecule has 36 heavy (non-hydrogen) atoms. The molecule has 1 saturated carbocycles. The Morgan fingerprint density at radius 1 is 1.22 bits per heavy atom. The van der Waals surface area contributed by atoms with Gasteiger partial charge in [-0.25, -0.2) is 4.79 Å². The second kappa shape index (κ2) is 12.2. The molecule has 9 heteroatoms. The van der Waals surface area contributed by atoms with Crippen LogP contribution >= 0.6 is 0 Å². The van der Waals surface area contributed by atoms with Crippen LogP contribution in [0.25, 0.3) is 11.1 Å². The number of fused-ring (bicyclic) bond motifs is 1. The third kappa shape index (κ3) is 6.36. The Kier molecular flexibility index (Phi) is 8.83. The van der Waals surface area contributed by atoms with Gasteiger partial charge in [-0.05, 0) is 57.1 Å². The lowest BCUT2D eigenvalue weighted by atomic mass is 9.85. The van der Waals surface area contributed by atoms with Gasteiger partial charge in [0.2, 0.25) is 5.71 Å². The van der Waals surface area contributed by atoms with Gasteiger partial charge in [0.05, 0.1) is 12.3 Å². The summed E-state index contributed by atoms with van der Waals surface area (Å²) in [5, 5.41) is 4.59. The number of nitrogens with one attached hydrogen (secondary N) is 1. The SMILES string of the molecule is C=C(OCC)N1CCCC1C/C(CC)=N/Oc1nc2oc(=O)cc(CCC3CCCCC3)c2c(=O)[nH]1. The Morgan fingerprint density at radius 3 is 2.78 bits per heavy atom. The minimum atomic E-state index is -0.515. The van der Waals surface area contributed by atoms with E-state index in [2.05, 4.69) is 26.6 Å². The Morgan fingerprint density at radius 2 is 2.03 bits per heavy atom. The summed E-state index contributed by atoms with van der Waals surface area (Å²) in [6.07, 6.45) is 11.3. The molecule has 2 fully saturated rings. The molecule has 1 saturated heterocycles. The first-order valence-electron chi connectivity index (χ1n) is 13.4. The highest BCUT2D eigenvalue weighted by atomic mass is 16.6. The Bertz CT molecular complexity index is 1190. The number of hydrogen-bond acceptors (Lipinski definition) is 8. The zero-order valence-electron chi connectivity index (χ0n) is 21.5. The van der Waals surface area contributed by atoms with Gasteiger partial charge < -0.3 is 18.9 Å². The van der Waals surface area contributed by atoms with E-state index < -0.39 is 5.63 Å². The van der Waals surface area contributed by atoms with Gasteiger partial charge in [-0.15, -0.1) is 0 Å². The highest BCUT2D eigenvalue weighted by molar-refractivity contribution is 5.84. The van der Waals surface area contributed by atoms with Crippen LogP contribution in [0.2, 0.25) is 0 Å². The summed E-state index contributed by atoms with van der Waals surface area (Å²) < 4.78 is 10.9. The monoisotopic (exact) mass is 498 g/mol. The molecule has 2 aromatic heterocycles. The lowest BCUT2D eigenvalue weighted by molar-refractivity contribution is 0.116. The molecule has 3 heterocycles. The number of likely N-dealkylation sites (tertiary alicyclic amines) is 1. The fourth-order valence-electron chi connectivity index (χ4n) is 5.46. The molecule has 4 rings (SSSR count). The van der Waals surface area contributed by atoms with Gasteiger partial charge in [0.1, 0.15) is 5.39 Å². The first-order valence-corrected chi connectivity index (χ1v) is 13.4. The number of oxime groups is 1. The third-order valence-electron chi connectivity index (χ3n) is 7.37. The Hall–Kier alpha value is -3.10. The lowest BCUT2D eigenvalue weighted by Gasteiger charge is -2.27. The van der Waals surface area contributed by atoms with Gasteiger partial charge in [-0.2, -0.15) is 4.98 Å². The summed E-state index contributed by atoms with van der Waals surface area (Å²) in [5.74, 6) is 1.32. The average molecular weight is 499 g/mol. The molecular formula is C27H38N4O5. The summed E-state index contributed by atoms with van der Waals surface area (Å²) in [4.78, 5) is 39.8. The molecule has 2 aliphatic rings. The van der Waals surface area contributed by atoms with Crippen LogP contribution in [0, 0.1) is 5.92 Å². The van der Waals surface area contributed by atoms with E-state index >= 15 is 0 Å².